The maximum Gasteiger partial charge on any atom is 0.219 e. The predicted octanol–water partition coefficient (Wildman–Crippen LogP) is 1.96. The van der Waals surface area contributed by atoms with E-state index in [1.807, 2.05) is 12.1 Å². The highest BCUT2D eigenvalue weighted by Crippen LogP contribution is 2.29. The van der Waals surface area contributed by atoms with E-state index in [2.05, 4.69) is 4.98 Å². The van der Waals surface area contributed by atoms with Gasteiger partial charge in [0.2, 0.25) is 5.88 Å². The summed E-state index contributed by atoms with van der Waals surface area (Å²) in [5, 5.41) is 7.42. The van der Waals surface area contributed by atoms with E-state index >= 15 is 0 Å². The van der Waals surface area contributed by atoms with Gasteiger partial charge in [-0.15, -0.1) is 0 Å². The lowest BCUT2D eigenvalue weighted by atomic mass is 10.2. The number of benzene rings is 1. The fourth-order valence-electron chi connectivity index (χ4n) is 1.83. The molecule has 0 amide bonds. The number of nitrogens with zero attached hydrogens (tertiary/aromatic N) is 1. The summed E-state index contributed by atoms with van der Waals surface area (Å²) in [6.45, 7) is 0.298. The zero-order chi connectivity index (χ0) is 15.2. The van der Waals surface area contributed by atoms with Crippen LogP contribution in [0, 0.1) is 5.41 Å². The van der Waals surface area contributed by atoms with Gasteiger partial charge < -0.3 is 19.9 Å². The summed E-state index contributed by atoms with van der Waals surface area (Å²) in [4.78, 5) is 4.11. The molecule has 0 spiro atoms. The largest absolute Gasteiger partial charge is 0.493 e. The summed E-state index contributed by atoms with van der Waals surface area (Å²) in [6, 6.07) is 8.79. The molecule has 0 aliphatic carbocycles. The number of hydrogen-bond donors (Lipinski definition) is 2. The Kier molecular flexibility index (Phi) is 4.61. The highest BCUT2D eigenvalue weighted by atomic mass is 16.5. The highest BCUT2D eigenvalue weighted by molar-refractivity contribution is 5.95. The molecule has 0 unspecified atom stereocenters. The summed E-state index contributed by atoms with van der Waals surface area (Å²) in [5.74, 6) is 1.59. The number of methoxy groups -OCH3 is 2. The Labute approximate surface area is 123 Å². The third kappa shape index (κ3) is 3.42. The molecule has 6 heteroatoms. The summed E-state index contributed by atoms with van der Waals surface area (Å²) in [7, 11) is 3.10. The molecule has 1 aromatic carbocycles. The number of rotatable bonds is 6. The van der Waals surface area contributed by atoms with Crippen molar-refractivity contribution in [1.29, 1.82) is 5.41 Å². The Bertz CT molecular complexity index is 644. The van der Waals surface area contributed by atoms with Crippen molar-refractivity contribution in [2.45, 2.75) is 6.61 Å². The lowest BCUT2D eigenvalue weighted by Gasteiger charge is -2.13. The van der Waals surface area contributed by atoms with Gasteiger partial charge in [0.1, 0.15) is 12.4 Å². The van der Waals surface area contributed by atoms with Crippen molar-refractivity contribution in [3.05, 3.63) is 47.7 Å². The Balaban J connectivity index is 2.18. The van der Waals surface area contributed by atoms with Gasteiger partial charge >= 0.3 is 0 Å². The Hall–Kier alpha value is -2.76. The minimum atomic E-state index is -0.0196. The van der Waals surface area contributed by atoms with Crippen LogP contribution in [-0.2, 0) is 6.61 Å². The quantitative estimate of drug-likeness (QED) is 0.626. The van der Waals surface area contributed by atoms with E-state index in [0.717, 1.165) is 5.56 Å². The van der Waals surface area contributed by atoms with E-state index < -0.39 is 0 Å². The number of ether oxygens (including phenoxy) is 3. The SMILES string of the molecule is COc1cc(C(=N)N)ccc1OCc1cccnc1OC. The second-order valence-electron chi connectivity index (χ2n) is 4.24. The van der Waals surface area contributed by atoms with Crippen LogP contribution in [0.1, 0.15) is 11.1 Å². The first kappa shape index (κ1) is 14.6. The maximum absolute atomic E-state index is 7.42. The molecule has 0 aliphatic rings. The molecule has 2 aromatic rings. The molecule has 0 atom stereocenters. The zero-order valence-electron chi connectivity index (χ0n) is 11.9. The third-order valence-corrected chi connectivity index (χ3v) is 2.90. The minimum absolute atomic E-state index is 0.0196. The Morgan fingerprint density at radius 1 is 1.19 bits per heavy atom. The van der Waals surface area contributed by atoms with Gasteiger partial charge in [-0.2, -0.15) is 0 Å². The van der Waals surface area contributed by atoms with E-state index in [4.69, 9.17) is 25.4 Å². The van der Waals surface area contributed by atoms with Crippen LogP contribution in [0.4, 0.5) is 0 Å². The van der Waals surface area contributed by atoms with Crippen molar-refractivity contribution in [2.75, 3.05) is 14.2 Å². The Morgan fingerprint density at radius 2 is 2.00 bits per heavy atom. The van der Waals surface area contributed by atoms with Gasteiger partial charge in [0.15, 0.2) is 11.5 Å². The fourth-order valence-corrected chi connectivity index (χ4v) is 1.83. The van der Waals surface area contributed by atoms with Gasteiger partial charge in [-0.25, -0.2) is 4.98 Å². The average Bonchev–Trinajstić information content (AvgIpc) is 2.52. The second kappa shape index (κ2) is 6.60. The van der Waals surface area contributed by atoms with Crippen LogP contribution in [0.2, 0.25) is 0 Å². The molecule has 1 heterocycles. The van der Waals surface area contributed by atoms with Crippen molar-refractivity contribution in [3.8, 4) is 17.4 Å². The number of aromatic nitrogens is 1. The van der Waals surface area contributed by atoms with Crippen molar-refractivity contribution >= 4 is 5.84 Å². The van der Waals surface area contributed by atoms with E-state index in [1.54, 1.807) is 31.5 Å². The molecule has 1 aromatic heterocycles. The number of pyridine rings is 1. The molecule has 0 radical (unpaired) electrons. The van der Waals surface area contributed by atoms with Crippen molar-refractivity contribution in [1.82, 2.24) is 4.98 Å². The molecular weight excluding hydrogens is 270 g/mol. The van der Waals surface area contributed by atoms with Gasteiger partial charge in [0.25, 0.3) is 0 Å². The van der Waals surface area contributed by atoms with E-state index in [1.165, 1.54) is 7.11 Å². The number of nitrogens with one attached hydrogen (secondary N) is 1. The van der Waals surface area contributed by atoms with E-state index in [9.17, 15) is 0 Å². The Morgan fingerprint density at radius 3 is 2.67 bits per heavy atom. The highest BCUT2D eigenvalue weighted by Gasteiger charge is 2.09. The molecule has 0 saturated heterocycles. The van der Waals surface area contributed by atoms with Gasteiger partial charge in [-0.1, -0.05) is 0 Å². The van der Waals surface area contributed by atoms with E-state index in [0.29, 0.717) is 29.5 Å². The van der Waals surface area contributed by atoms with E-state index in [-0.39, 0.29) is 5.84 Å². The number of nitrogens with two attached hydrogens (primary N) is 1. The zero-order valence-corrected chi connectivity index (χ0v) is 11.9. The summed E-state index contributed by atoms with van der Waals surface area (Å²) < 4.78 is 16.2. The topological polar surface area (TPSA) is 90.5 Å². The van der Waals surface area contributed by atoms with Crippen molar-refractivity contribution in [3.63, 3.8) is 0 Å². The predicted molar refractivity (Wildman–Crippen MR) is 79.1 cm³/mol. The van der Waals surface area contributed by atoms with Gasteiger partial charge in [0, 0.05) is 11.8 Å². The first-order valence-electron chi connectivity index (χ1n) is 6.28. The molecule has 0 saturated carbocycles. The van der Waals surface area contributed by atoms with Crippen LogP contribution in [-0.4, -0.2) is 25.0 Å². The fraction of sp³-hybridized carbons (Fsp3) is 0.200. The number of amidine groups is 1. The second-order valence-corrected chi connectivity index (χ2v) is 4.24. The molecule has 3 N–H and O–H groups in total. The minimum Gasteiger partial charge on any atom is -0.493 e. The van der Waals surface area contributed by atoms with Crippen molar-refractivity contribution < 1.29 is 14.2 Å². The smallest absolute Gasteiger partial charge is 0.219 e. The third-order valence-electron chi connectivity index (χ3n) is 2.90. The monoisotopic (exact) mass is 287 g/mol. The molecule has 0 bridgehead atoms. The molecule has 2 rings (SSSR count). The van der Waals surface area contributed by atoms with Gasteiger partial charge in [-0.05, 0) is 30.3 Å². The van der Waals surface area contributed by atoms with Crippen LogP contribution in [0.5, 0.6) is 17.4 Å². The molecule has 6 nitrogen and oxygen atoms in total. The maximum atomic E-state index is 7.42. The van der Waals surface area contributed by atoms with Crippen LogP contribution in [0.25, 0.3) is 0 Å². The molecule has 0 aliphatic heterocycles. The molecule has 0 fully saturated rings. The summed E-state index contributed by atoms with van der Waals surface area (Å²) >= 11 is 0. The van der Waals surface area contributed by atoms with Gasteiger partial charge in [-0.3, -0.25) is 5.41 Å². The van der Waals surface area contributed by atoms with Crippen molar-refractivity contribution in [2.24, 2.45) is 5.73 Å². The van der Waals surface area contributed by atoms with Crippen LogP contribution in [0.15, 0.2) is 36.5 Å². The standard InChI is InChI=1S/C15H17N3O3/c1-19-13-8-10(14(16)17)5-6-12(13)21-9-11-4-3-7-18-15(11)20-2/h3-8H,9H2,1-2H3,(H3,16,17). The van der Waals surface area contributed by atoms with Crippen LogP contribution >= 0.6 is 0 Å². The van der Waals surface area contributed by atoms with Crippen LogP contribution in [0.3, 0.4) is 0 Å². The van der Waals surface area contributed by atoms with Crippen LogP contribution < -0.4 is 19.9 Å². The number of nitrogen functional groups attached to an aromatic ring is 1. The lowest BCUT2D eigenvalue weighted by Crippen LogP contribution is -2.11. The average molecular weight is 287 g/mol. The molecule has 110 valence electrons. The summed E-state index contributed by atoms with van der Waals surface area (Å²) in [5.41, 5.74) is 6.87. The van der Waals surface area contributed by atoms with Gasteiger partial charge in [0.05, 0.1) is 19.8 Å². The first-order chi connectivity index (χ1) is 10.2. The number of hydrogen-bond acceptors (Lipinski definition) is 5. The normalized spacial score (nSPS) is 10.0. The first-order valence-corrected chi connectivity index (χ1v) is 6.28. The molecular formula is C15H17N3O3. The summed E-state index contributed by atoms with van der Waals surface area (Å²) in [6.07, 6.45) is 1.66. The lowest BCUT2D eigenvalue weighted by molar-refractivity contribution is 0.276. The molecule has 21 heavy (non-hydrogen) atoms.